The fourth-order valence-electron chi connectivity index (χ4n) is 4.59. The van der Waals surface area contributed by atoms with Crippen LogP contribution in [0.2, 0.25) is 0 Å². The van der Waals surface area contributed by atoms with Gasteiger partial charge in [0, 0.05) is 17.8 Å². The van der Waals surface area contributed by atoms with E-state index in [-0.39, 0.29) is 29.6 Å². The van der Waals surface area contributed by atoms with E-state index in [1.807, 2.05) is 6.08 Å². The Hall–Kier alpha value is -0.380. The summed E-state index contributed by atoms with van der Waals surface area (Å²) in [7, 11) is 0. The zero-order chi connectivity index (χ0) is 13.2. The van der Waals surface area contributed by atoms with Gasteiger partial charge in [0.1, 0.15) is 0 Å². The lowest BCUT2D eigenvalue weighted by atomic mass is 9.59. The Kier molecular flexibility index (Phi) is 2.68. The van der Waals surface area contributed by atoms with Crippen molar-refractivity contribution in [3.8, 4) is 0 Å². The Morgan fingerprint density at radius 1 is 1.33 bits per heavy atom. The van der Waals surface area contributed by atoms with Gasteiger partial charge in [-0.25, -0.2) is 0 Å². The highest BCUT2D eigenvalue weighted by atomic mass is 16.5. The summed E-state index contributed by atoms with van der Waals surface area (Å²) >= 11 is 0. The molecule has 1 heterocycles. The van der Waals surface area contributed by atoms with E-state index in [9.17, 15) is 10.2 Å². The van der Waals surface area contributed by atoms with Crippen molar-refractivity contribution in [2.45, 2.75) is 58.0 Å². The smallest absolute Gasteiger partial charge is 0.0782 e. The van der Waals surface area contributed by atoms with Gasteiger partial charge in [-0.3, -0.25) is 0 Å². The Morgan fingerprint density at radius 3 is 2.67 bits per heavy atom. The molecular formula is C15H24O3. The maximum Gasteiger partial charge on any atom is 0.0782 e. The van der Waals surface area contributed by atoms with Crippen LogP contribution in [0, 0.1) is 23.7 Å². The Balaban J connectivity index is 2.06. The van der Waals surface area contributed by atoms with Crippen molar-refractivity contribution in [2.75, 3.05) is 0 Å². The van der Waals surface area contributed by atoms with Crippen molar-refractivity contribution < 1.29 is 14.9 Å². The lowest BCUT2D eigenvalue weighted by Crippen LogP contribution is -2.49. The molecule has 0 aromatic heterocycles. The van der Waals surface area contributed by atoms with Crippen LogP contribution >= 0.6 is 0 Å². The van der Waals surface area contributed by atoms with Gasteiger partial charge in [0.15, 0.2) is 0 Å². The number of ether oxygens (including phenoxy) is 1. The number of aliphatic hydroxyl groups is 2. The number of rotatable bonds is 0. The molecular weight excluding hydrogens is 228 g/mol. The van der Waals surface area contributed by atoms with Crippen molar-refractivity contribution in [3.05, 3.63) is 11.6 Å². The summed E-state index contributed by atoms with van der Waals surface area (Å²) in [6.45, 7) is 8.30. The molecule has 0 unspecified atom stereocenters. The van der Waals surface area contributed by atoms with Crippen molar-refractivity contribution in [2.24, 2.45) is 23.7 Å². The summed E-state index contributed by atoms with van der Waals surface area (Å²) in [5, 5.41) is 20.6. The number of aliphatic hydroxyl groups excluding tert-OH is 2. The maximum absolute atomic E-state index is 10.4. The predicted octanol–water partition coefficient (Wildman–Crippen LogP) is 1.73. The Morgan fingerprint density at radius 2 is 2.00 bits per heavy atom. The van der Waals surface area contributed by atoms with Crippen LogP contribution in [0.15, 0.2) is 11.6 Å². The van der Waals surface area contributed by atoms with E-state index in [1.54, 1.807) is 0 Å². The fourth-order valence-corrected chi connectivity index (χ4v) is 4.59. The molecule has 18 heavy (non-hydrogen) atoms. The molecule has 0 amide bonds. The lowest BCUT2D eigenvalue weighted by molar-refractivity contribution is -0.0978. The first-order valence-corrected chi connectivity index (χ1v) is 7.05. The van der Waals surface area contributed by atoms with E-state index in [0.29, 0.717) is 11.8 Å². The predicted molar refractivity (Wildman–Crippen MR) is 69.0 cm³/mol. The summed E-state index contributed by atoms with van der Waals surface area (Å²) in [5.41, 5.74) is 0.920. The van der Waals surface area contributed by atoms with E-state index in [1.165, 1.54) is 5.57 Å². The minimum Gasteiger partial charge on any atom is -0.393 e. The van der Waals surface area contributed by atoms with Crippen LogP contribution in [0.5, 0.6) is 0 Å². The first-order valence-electron chi connectivity index (χ1n) is 7.05. The summed E-state index contributed by atoms with van der Waals surface area (Å²) in [4.78, 5) is 0. The minimum absolute atomic E-state index is 0.0806. The molecule has 1 saturated heterocycles. The van der Waals surface area contributed by atoms with Gasteiger partial charge in [-0.15, -0.1) is 0 Å². The van der Waals surface area contributed by atoms with Crippen molar-refractivity contribution in [1.82, 2.24) is 0 Å². The zero-order valence-corrected chi connectivity index (χ0v) is 11.6. The molecule has 0 aromatic carbocycles. The molecule has 0 aromatic rings. The molecule has 0 spiro atoms. The third kappa shape index (κ3) is 1.54. The first-order chi connectivity index (χ1) is 8.33. The molecule has 7 atom stereocenters. The normalized spacial score (nSPS) is 53.9. The molecule has 3 heteroatoms. The van der Waals surface area contributed by atoms with E-state index < -0.39 is 6.10 Å². The second-order valence-electron chi connectivity index (χ2n) is 6.96. The van der Waals surface area contributed by atoms with Gasteiger partial charge in [-0.05, 0) is 33.1 Å². The van der Waals surface area contributed by atoms with Gasteiger partial charge in [-0.1, -0.05) is 18.6 Å². The second-order valence-corrected chi connectivity index (χ2v) is 6.96. The van der Waals surface area contributed by atoms with Crippen LogP contribution in [-0.2, 0) is 4.74 Å². The monoisotopic (exact) mass is 252 g/mol. The van der Waals surface area contributed by atoms with Crippen molar-refractivity contribution >= 4 is 0 Å². The first kappa shape index (κ1) is 12.6. The van der Waals surface area contributed by atoms with Crippen molar-refractivity contribution in [3.63, 3.8) is 0 Å². The van der Waals surface area contributed by atoms with Gasteiger partial charge in [0.2, 0.25) is 0 Å². The molecule has 1 saturated carbocycles. The van der Waals surface area contributed by atoms with Crippen LogP contribution in [-0.4, -0.2) is 34.1 Å². The van der Waals surface area contributed by atoms with Crippen molar-refractivity contribution in [1.29, 1.82) is 0 Å². The highest BCUT2D eigenvalue weighted by Crippen LogP contribution is 2.56. The molecule has 3 aliphatic rings. The molecule has 2 N–H and O–H groups in total. The van der Waals surface area contributed by atoms with Gasteiger partial charge in [0.25, 0.3) is 0 Å². The minimum atomic E-state index is -0.409. The fraction of sp³-hybridized carbons (Fsp3) is 0.867. The molecule has 102 valence electrons. The second kappa shape index (κ2) is 3.81. The SMILES string of the molecule is CC1=C[C@H](O)[C@H]2[C@H]3[C@@H](OC2(C)C)[C@H](C)[C@@H](O)C[C@@H]13. The topological polar surface area (TPSA) is 49.7 Å². The largest absolute Gasteiger partial charge is 0.393 e. The average Bonchev–Trinajstić information content (AvgIpc) is 2.54. The highest BCUT2D eigenvalue weighted by molar-refractivity contribution is 5.23. The van der Waals surface area contributed by atoms with Crippen LogP contribution < -0.4 is 0 Å². The lowest BCUT2D eigenvalue weighted by Gasteiger charge is -2.46. The van der Waals surface area contributed by atoms with E-state index in [4.69, 9.17) is 4.74 Å². The number of allylic oxidation sites excluding steroid dienone is 1. The molecule has 2 fully saturated rings. The molecule has 3 nitrogen and oxygen atoms in total. The van der Waals surface area contributed by atoms with Crippen LogP contribution in [0.25, 0.3) is 0 Å². The molecule has 2 aliphatic carbocycles. The van der Waals surface area contributed by atoms with Gasteiger partial charge < -0.3 is 14.9 Å². The number of hydrogen-bond donors (Lipinski definition) is 2. The van der Waals surface area contributed by atoms with Crippen LogP contribution in [0.3, 0.4) is 0 Å². The average molecular weight is 252 g/mol. The Labute approximate surface area is 109 Å². The molecule has 3 rings (SSSR count). The molecule has 0 bridgehead atoms. The quantitative estimate of drug-likeness (QED) is 0.646. The zero-order valence-electron chi connectivity index (χ0n) is 11.6. The third-order valence-electron chi connectivity index (χ3n) is 5.51. The van der Waals surface area contributed by atoms with Gasteiger partial charge in [0.05, 0.1) is 23.9 Å². The third-order valence-corrected chi connectivity index (χ3v) is 5.51. The van der Waals surface area contributed by atoms with Crippen LogP contribution in [0.1, 0.15) is 34.1 Å². The molecule has 1 aliphatic heterocycles. The summed E-state index contributed by atoms with van der Waals surface area (Å²) in [6.07, 6.45) is 2.17. The number of hydrogen-bond acceptors (Lipinski definition) is 3. The van der Waals surface area contributed by atoms with Gasteiger partial charge >= 0.3 is 0 Å². The van der Waals surface area contributed by atoms with E-state index in [2.05, 4.69) is 27.7 Å². The summed E-state index contributed by atoms with van der Waals surface area (Å²) in [6, 6.07) is 0. The summed E-state index contributed by atoms with van der Waals surface area (Å²) < 4.78 is 6.21. The molecule has 0 radical (unpaired) electrons. The summed E-state index contributed by atoms with van der Waals surface area (Å²) in [5.74, 6) is 1.05. The standard InChI is InChI=1S/C15H24O3/c1-7-5-11(17)13-12-9(7)6-10(16)8(2)14(12)18-15(13,3)4/h5,8-14,16-17H,6H2,1-4H3/t8-,9+,10+,11+,12+,13+,14+/m1/s1. The Bertz CT molecular complexity index is 387. The van der Waals surface area contributed by atoms with E-state index >= 15 is 0 Å². The van der Waals surface area contributed by atoms with Gasteiger partial charge in [-0.2, -0.15) is 0 Å². The maximum atomic E-state index is 10.4. The highest BCUT2D eigenvalue weighted by Gasteiger charge is 2.60. The van der Waals surface area contributed by atoms with E-state index in [0.717, 1.165) is 6.42 Å². The van der Waals surface area contributed by atoms with Crippen LogP contribution in [0.4, 0.5) is 0 Å².